The zero-order valence-electron chi connectivity index (χ0n) is 16.5. The zero-order chi connectivity index (χ0) is 19.6. The molecule has 0 saturated heterocycles. The van der Waals surface area contributed by atoms with Gasteiger partial charge in [-0.15, -0.1) is 0 Å². The first-order valence-corrected chi connectivity index (χ1v) is 10.7. The van der Waals surface area contributed by atoms with E-state index in [9.17, 15) is 4.79 Å². The Bertz CT molecular complexity index is 809. The number of rotatable bonds is 4. The largest absolute Gasteiger partial charge is 0.461 e. The Kier molecular flexibility index (Phi) is 4.01. The van der Waals surface area contributed by atoms with E-state index in [2.05, 4.69) is 10.3 Å². The monoisotopic (exact) mass is 390 g/mol. The van der Waals surface area contributed by atoms with Gasteiger partial charge >= 0.3 is 5.97 Å². The van der Waals surface area contributed by atoms with Crippen LogP contribution in [0.2, 0.25) is 0 Å². The van der Waals surface area contributed by atoms with E-state index < -0.39 is 16.9 Å². The normalized spacial score (nSPS) is 38.2. The quantitative estimate of drug-likeness (QED) is 0.757. The highest BCUT2D eigenvalue weighted by atomic mass is 19.2. The van der Waals surface area contributed by atoms with Crippen molar-refractivity contribution in [3.8, 4) is 0 Å². The molecule has 1 aromatic heterocycles. The van der Waals surface area contributed by atoms with E-state index in [1.807, 2.05) is 0 Å². The fourth-order valence-electron chi connectivity index (χ4n) is 6.86. The SMILES string of the molecule is CCOC(=O)c1ncc(NC23CC4CC(F)(CC(F)(C4)C2)C3)c2c1CCCC2. The second-order valence-electron chi connectivity index (χ2n) is 9.62. The van der Waals surface area contributed by atoms with E-state index in [1.165, 1.54) is 0 Å². The van der Waals surface area contributed by atoms with Crippen LogP contribution >= 0.6 is 0 Å². The Labute approximate surface area is 164 Å². The number of nitrogens with zero attached hydrogens (tertiary/aromatic N) is 1. The number of carbonyl (C=O) groups excluding carboxylic acids is 1. The van der Waals surface area contributed by atoms with Gasteiger partial charge in [0.25, 0.3) is 0 Å². The van der Waals surface area contributed by atoms with Gasteiger partial charge in [-0.3, -0.25) is 0 Å². The summed E-state index contributed by atoms with van der Waals surface area (Å²) in [6.45, 7) is 2.10. The lowest BCUT2D eigenvalue weighted by atomic mass is 9.50. The van der Waals surface area contributed by atoms with Gasteiger partial charge in [-0.1, -0.05) is 0 Å². The van der Waals surface area contributed by atoms with E-state index in [0.29, 0.717) is 38.0 Å². The molecule has 0 amide bonds. The van der Waals surface area contributed by atoms with Crippen LogP contribution in [0, 0.1) is 5.92 Å². The topological polar surface area (TPSA) is 51.2 Å². The van der Waals surface area contributed by atoms with E-state index >= 15 is 8.78 Å². The highest BCUT2D eigenvalue weighted by Crippen LogP contribution is 2.62. The van der Waals surface area contributed by atoms with E-state index in [1.54, 1.807) is 13.1 Å². The Morgan fingerprint density at radius 2 is 1.82 bits per heavy atom. The third kappa shape index (κ3) is 2.91. The fourth-order valence-corrected chi connectivity index (χ4v) is 6.86. The second-order valence-corrected chi connectivity index (χ2v) is 9.62. The van der Waals surface area contributed by atoms with Gasteiger partial charge in [0.15, 0.2) is 5.69 Å². The lowest BCUT2D eigenvalue weighted by Crippen LogP contribution is -2.65. The van der Waals surface area contributed by atoms with E-state index in [0.717, 1.165) is 48.9 Å². The summed E-state index contributed by atoms with van der Waals surface area (Å²) in [6.07, 6.45) is 8.01. The van der Waals surface area contributed by atoms with Crippen LogP contribution in [0.25, 0.3) is 0 Å². The molecule has 5 aliphatic carbocycles. The number of halogens is 2. The number of ether oxygens (including phenoxy) is 1. The summed E-state index contributed by atoms with van der Waals surface area (Å²) in [5, 5.41) is 3.57. The number of aromatic nitrogens is 1. The van der Waals surface area contributed by atoms with Gasteiger partial charge in [0.05, 0.1) is 18.5 Å². The maximum atomic E-state index is 15.3. The number of carbonyl (C=O) groups is 1. The molecule has 5 aliphatic rings. The smallest absolute Gasteiger partial charge is 0.357 e. The fraction of sp³-hybridized carbons (Fsp3) is 0.727. The number of hydrogen-bond acceptors (Lipinski definition) is 4. The molecule has 4 saturated carbocycles. The van der Waals surface area contributed by atoms with E-state index in [4.69, 9.17) is 4.74 Å². The molecular weight excluding hydrogens is 362 g/mol. The third-order valence-electron chi connectivity index (χ3n) is 7.20. The third-order valence-corrected chi connectivity index (χ3v) is 7.20. The summed E-state index contributed by atoms with van der Waals surface area (Å²) in [5.41, 5.74) is -0.0287. The average Bonchev–Trinajstić information content (AvgIpc) is 2.59. The summed E-state index contributed by atoms with van der Waals surface area (Å²) in [7, 11) is 0. The molecule has 4 fully saturated rings. The van der Waals surface area contributed by atoms with Crippen LogP contribution in [0.1, 0.15) is 79.9 Å². The summed E-state index contributed by atoms with van der Waals surface area (Å²) in [4.78, 5) is 16.7. The first-order valence-electron chi connectivity index (χ1n) is 10.7. The number of anilines is 1. The Hall–Kier alpha value is -1.72. The molecule has 0 radical (unpaired) electrons. The first kappa shape index (κ1) is 18.3. The molecule has 28 heavy (non-hydrogen) atoms. The number of fused-ring (bicyclic) bond motifs is 1. The van der Waals surface area contributed by atoms with Crippen molar-refractivity contribution < 1.29 is 18.3 Å². The highest BCUT2D eigenvalue weighted by molar-refractivity contribution is 5.90. The molecular formula is C22H28F2N2O2. The van der Waals surface area contributed by atoms with Crippen LogP contribution in [0.5, 0.6) is 0 Å². The molecule has 1 heterocycles. The minimum atomic E-state index is -1.39. The summed E-state index contributed by atoms with van der Waals surface area (Å²) in [5.74, 6) is -0.270. The van der Waals surface area contributed by atoms with Crippen molar-refractivity contribution in [2.24, 2.45) is 5.92 Å². The van der Waals surface area contributed by atoms with E-state index in [-0.39, 0.29) is 18.3 Å². The van der Waals surface area contributed by atoms with Crippen molar-refractivity contribution in [3.05, 3.63) is 23.0 Å². The molecule has 1 aromatic rings. The van der Waals surface area contributed by atoms with Crippen LogP contribution in [0.15, 0.2) is 6.20 Å². The Morgan fingerprint density at radius 3 is 2.46 bits per heavy atom. The molecule has 0 spiro atoms. The van der Waals surface area contributed by atoms with Gasteiger partial charge in [0.2, 0.25) is 0 Å². The molecule has 4 bridgehead atoms. The summed E-state index contributed by atoms with van der Waals surface area (Å²) < 4.78 is 35.8. The van der Waals surface area contributed by atoms with Crippen molar-refractivity contribution in [1.29, 1.82) is 0 Å². The molecule has 6 rings (SSSR count). The van der Waals surface area contributed by atoms with Crippen molar-refractivity contribution in [2.45, 2.75) is 88.0 Å². The average molecular weight is 390 g/mol. The van der Waals surface area contributed by atoms with Crippen LogP contribution in [-0.4, -0.2) is 34.4 Å². The van der Waals surface area contributed by atoms with Gasteiger partial charge in [0, 0.05) is 24.8 Å². The highest BCUT2D eigenvalue weighted by Gasteiger charge is 2.64. The number of nitrogens with one attached hydrogen (secondary N) is 1. The van der Waals surface area contributed by atoms with Crippen molar-refractivity contribution >= 4 is 11.7 Å². The Morgan fingerprint density at radius 1 is 1.14 bits per heavy atom. The van der Waals surface area contributed by atoms with Crippen LogP contribution in [-0.2, 0) is 17.6 Å². The van der Waals surface area contributed by atoms with Crippen molar-refractivity contribution in [3.63, 3.8) is 0 Å². The van der Waals surface area contributed by atoms with Crippen molar-refractivity contribution in [1.82, 2.24) is 4.98 Å². The molecule has 0 aromatic carbocycles. The first-order chi connectivity index (χ1) is 13.3. The van der Waals surface area contributed by atoms with Gasteiger partial charge in [-0.2, -0.15) is 0 Å². The van der Waals surface area contributed by atoms with Gasteiger partial charge < -0.3 is 10.1 Å². The number of alkyl halides is 2. The summed E-state index contributed by atoms with van der Waals surface area (Å²) >= 11 is 0. The molecule has 6 heteroatoms. The standard InChI is InChI=1S/C22H28F2N2O2/c1-2-28-19(27)18-16-6-4-3-5-15(16)17(10-25-18)26-22-9-14-7-20(23,12-22)11-21(24,8-14)13-22/h10,14,26H,2-9,11-13H2,1H3. The number of hydrogen-bond donors (Lipinski definition) is 1. The zero-order valence-corrected chi connectivity index (χ0v) is 16.5. The van der Waals surface area contributed by atoms with Gasteiger partial charge in [-0.25, -0.2) is 18.6 Å². The predicted octanol–water partition coefficient (Wildman–Crippen LogP) is 4.70. The minimum absolute atomic E-state index is 0.0537. The maximum absolute atomic E-state index is 15.3. The predicted molar refractivity (Wildman–Crippen MR) is 102 cm³/mol. The molecule has 152 valence electrons. The number of esters is 1. The molecule has 1 N–H and O–H groups in total. The second kappa shape index (κ2) is 6.14. The minimum Gasteiger partial charge on any atom is -0.461 e. The van der Waals surface area contributed by atoms with Crippen LogP contribution in [0.3, 0.4) is 0 Å². The molecule has 2 unspecified atom stereocenters. The van der Waals surface area contributed by atoms with Gasteiger partial charge in [0.1, 0.15) is 11.3 Å². The molecule has 4 nitrogen and oxygen atoms in total. The van der Waals surface area contributed by atoms with Gasteiger partial charge in [-0.05, 0) is 68.9 Å². The van der Waals surface area contributed by atoms with Crippen LogP contribution in [0.4, 0.5) is 14.5 Å². The summed E-state index contributed by atoms with van der Waals surface area (Å²) in [6, 6.07) is 0. The lowest BCUT2D eigenvalue weighted by Gasteiger charge is -2.61. The van der Waals surface area contributed by atoms with Crippen LogP contribution < -0.4 is 5.32 Å². The lowest BCUT2D eigenvalue weighted by molar-refractivity contribution is -0.137. The molecule has 0 aliphatic heterocycles. The maximum Gasteiger partial charge on any atom is 0.357 e. The Balaban J connectivity index is 1.50. The number of pyridine rings is 1. The molecule has 2 atom stereocenters. The van der Waals surface area contributed by atoms with Crippen molar-refractivity contribution in [2.75, 3.05) is 11.9 Å².